The fraction of sp³-hybridized carbons (Fsp3) is 0.333. The summed E-state index contributed by atoms with van der Waals surface area (Å²) in [4.78, 5) is 7.63. The van der Waals surface area contributed by atoms with Gasteiger partial charge < -0.3 is 5.73 Å². The summed E-state index contributed by atoms with van der Waals surface area (Å²) in [5, 5.41) is 0. The first-order valence-electron chi connectivity index (χ1n) is 2.81. The summed E-state index contributed by atoms with van der Waals surface area (Å²) in [5.74, 6) is 0. The van der Waals surface area contributed by atoms with Crippen LogP contribution in [0.3, 0.4) is 0 Å². The minimum absolute atomic E-state index is 0. The average molecular weight is 196 g/mol. The smallest absolute Gasteiger partial charge is 0.115 e. The van der Waals surface area contributed by atoms with E-state index in [-0.39, 0.29) is 30.9 Å². The highest BCUT2D eigenvalue weighted by molar-refractivity contribution is 5.85. The van der Waals surface area contributed by atoms with Crippen LogP contribution in [0.2, 0.25) is 0 Å². The highest BCUT2D eigenvalue weighted by Gasteiger charge is 1.95. The van der Waals surface area contributed by atoms with Crippen molar-refractivity contribution in [2.24, 2.45) is 5.73 Å². The Labute approximate surface area is 78.2 Å². The van der Waals surface area contributed by atoms with Crippen molar-refractivity contribution in [3.8, 4) is 0 Å². The van der Waals surface area contributed by atoms with Gasteiger partial charge in [-0.1, -0.05) is 0 Å². The highest BCUT2D eigenvalue weighted by Crippen LogP contribution is 2.02. The minimum atomic E-state index is 0. The Balaban J connectivity index is 0. The summed E-state index contributed by atoms with van der Waals surface area (Å²) >= 11 is 0. The van der Waals surface area contributed by atoms with Crippen molar-refractivity contribution < 1.29 is 0 Å². The van der Waals surface area contributed by atoms with Crippen LogP contribution in [0.5, 0.6) is 0 Å². The van der Waals surface area contributed by atoms with Crippen LogP contribution < -0.4 is 5.73 Å². The van der Waals surface area contributed by atoms with E-state index in [2.05, 4.69) is 9.97 Å². The van der Waals surface area contributed by atoms with Gasteiger partial charge in [0, 0.05) is 24.0 Å². The lowest BCUT2D eigenvalue weighted by Crippen LogP contribution is -2.05. The Morgan fingerprint density at radius 1 is 1.27 bits per heavy atom. The predicted molar refractivity (Wildman–Crippen MR) is 49.1 cm³/mol. The standard InChI is InChI=1S/C6H9N3.2ClH/c1-5(7)6-2-8-4-9-3-6;;/h2-5H,7H2,1H3;2*1H. The van der Waals surface area contributed by atoms with Crippen LogP contribution in [-0.2, 0) is 0 Å². The van der Waals surface area contributed by atoms with E-state index >= 15 is 0 Å². The summed E-state index contributed by atoms with van der Waals surface area (Å²) in [7, 11) is 0. The molecule has 0 spiro atoms. The molecule has 1 heterocycles. The van der Waals surface area contributed by atoms with Gasteiger partial charge in [-0.15, -0.1) is 24.8 Å². The van der Waals surface area contributed by atoms with E-state index in [1.54, 1.807) is 12.4 Å². The van der Waals surface area contributed by atoms with Crippen molar-refractivity contribution in [2.45, 2.75) is 13.0 Å². The molecule has 0 amide bonds. The summed E-state index contributed by atoms with van der Waals surface area (Å²) in [6.45, 7) is 1.90. The zero-order valence-electron chi connectivity index (χ0n) is 6.10. The number of nitrogens with two attached hydrogens (primary N) is 1. The molecule has 0 aromatic carbocycles. The van der Waals surface area contributed by atoms with Gasteiger partial charge in [0.15, 0.2) is 0 Å². The molecule has 5 heteroatoms. The van der Waals surface area contributed by atoms with E-state index in [9.17, 15) is 0 Å². The first-order valence-corrected chi connectivity index (χ1v) is 2.81. The van der Waals surface area contributed by atoms with Gasteiger partial charge in [0.05, 0.1) is 0 Å². The number of nitrogens with zero attached hydrogens (tertiary/aromatic N) is 2. The van der Waals surface area contributed by atoms with E-state index in [0.29, 0.717) is 0 Å². The Morgan fingerprint density at radius 2 is 1.73 bits per heavy atom. The van der Waals surface area contributed by atoms with Crippen LogP contribution in [0.25, 0.3) is 0 Å². The fourth-order valence-electron chi connectivity index (χ4n) is 0.546. The van der Waals surface area contributed by atoms with Crippen LogP contribution in [0.4, 0.5) is 0 Å². The van der Waals surface area contributed by atoms with Gasteiger partial charge >= 0.3 is 0 Å². The Bertz CT molecular complexity index is 178. The van der Waals surface area contributed by atoms with Gasteiger partial charge in [-0.2, -0.15) is 0 Å². The zero-order chi connectivity index (χ0) is 6.69. The van der Waals surface area contributed by atoms with E-state index in [0.717, 1.165) is 5.56 Å². The van der Waals surface area contributed by atoms with E-state index in [1.807, 2.05) is 6.92 Å². The van der Waals surface area contributed by atoms with Gasteiger partial charge in [-0.25, -0.2) is 9.97 Å². The molecule has 0 fully saturated rings. The van der Waals surface area contributed by atoms with Gasteiger partial charge in [-0.3, -0.25) is 0 Å². The summed E-state index contributed by atoms with van der Waals surface area (Å²) in [5.41, 5.74) is 6.50. The van der Waals surface area contributed by atoms with Gasteiger partial charge in [0.1, 0.15) is 6.33 Å². The topological polar surface area (TPSA) is 51.8 Å². The zero-order valence-corrected chi connectivity index (χ0v) is 7.73. The Hall–Kier alpha value is -0.380. The quantitative estimate of drug-likeness (QED) is 0.737. The number of hydrogen-bond donors (Lipinski definition) is 1. The molecule has 1 aromatic heterocycles. The SMILES string of the molecule is CC(N)c1cncnc1.Cl.Cl. The van der Waals surface area contributed by atoms with E-state index in [1.165, 1.54) is 6.33 Å². The third-order valence-electron chi connectivity index (χ3n) is 1.11. The summed E-state index contributed by atoms with van der Waals surface area (Å²) < 4.78 is 0. The first-order chi connectivity index (χ1) is 4.30. The van der Waals surface area contributed by atoms with Gasteiger partial charge in [0.2, 0.25) is 0 Å². The van der Waals surface area contributed by atoms with Crippen LogP contribution in [0.1, 0.15) is 18.5 Å². The van der Waals surface area contributed by atoms with Crippen LogP contribution in [0.15, 0.2) is 18.7 Å². The normalized spacial score (nSPS) is 10.7. The molecule has 0 aliphatic carbocycles. The average Bonchev–Trinajstić information content (AvgIpc) is 1.90. The van der Waals surface area contributed by atoms with Crippen LogP contribution in [0, 0.1) is 0 Å². The Morgan fingerprint density at radius 3 is 2.00 bits per heavy atom. The summed E-state index contributed by atoms with van der Waals surface area (Å²) in [6, 6.07) is 0.0335. The lowest BCUT2D eigenvalue weighted by molar-refractivity contribution is 0.802. The second-order valence-electron chi connectivity index (χ2n) is 1.96. The highest BCUT2D eigenvalue weighted by atomic mass is 35.5. The van der Waals surface area contributed by atoms with Crippen molar-refractivity contribution in [3.63, 3.8) is 0 Å². The van der Waals surface area contributed by atoms with Crippen molar-refractivity contribution >= 4 is 24.8 Å². The first kappa shape index (κ1) is 13.2. The van der Waals surface area contributed by atoms with E-state index in [4.69, 9.17) is 5.73 Å². The monoisotopic (exact) mass is 195 g/mol. The third-order valence-corrected chi connectivity index (χ3v) is 1.11. The molecule has 1 aromatic rings. The summed E-state index contributed by atoms with van der Waals surface area (Å²) in [6.07, 6.45) is 4.93. The number of rotatable bonds is 1. The second kappa shape index (κ2) is 6.34. The van der Waals surface area contributed by atoms with Crippen LogP contribution >= 0.6 is 24.8 Å². The van der Waals surface area contributed by atoms with Crippen molar-refractivity contribution in [1.82, 2.24) is 9.97 Å². The van der Waals surface area contributed by atoms with Crippen molar-refractivity contribution in [3.05, 3.63) is 24.3 Å². The number of halogens is 2. The second-order valence-corrected chi connectivity index (χ2v) is 1.96. The number of aromatic nitrogens is 2. The molecule has 0 bridgehead atoms. The molecule has 0 aliphatic heterocycles. The van der Waals surface area contributed by atoms with Crippen molar-refractivity contribution in [2.75, 3.05) is 0 Å². The molecule has 0 saturated carbocycles. The molecule has 1 unspecified atom stereocenters. The predicted octanol–water partition coefficient (Wildman–Crippen LogP) is 1.34. The molecule has 2 N–H and O–H groups in total. The Kier molecular flexibility index (Phi) is 7.62. The maximum atomic E-state index is 5.53. The maximum Gasteiger partial charge on any atom is 0.115 e. The molecule has 64 valence electrons. The molecule has 3 nitrogen and oxygen atoms in total. The molecule has 0 aliphatic rings. The molecule has 1 atom stereocenters. The van der Waals surface area contributed by atoms with Crippen LogP contribution in [-0.4, -0.2) is 9.97 Å². The minimum Gasteiger partial charge on any atom is -0.324 e. The molecular weight excluding hydrogens is 185 g/mol. The largest absolute Gasteiger partial charge is 0.324 e. The number of hydrogen-bond acceptors (Lipinski definition) is 3. The molecule has 1 rings (SSSR count). The maximum absolute atomic E-state index is 5.53. The van der Waals surface area contributed by atoms with E-state index < -0.39 is 0 Å². The molecule has 11 heavy (non-hydrogen) atoms. The van der Waals surface area contributed by atoms with Crippen molar-refractivity contribution in [1.29, 1.82) is 0 Å². The fourth-order valence-corrected chi connectivity index (χ4v) is 0.546. The molecule has 0 radical (unpaired) electrons. The van der Waals surface area contributed by atoms with Gasteiger partial charge in [0.25, 0.3) is 0 Å². The lowest BCUT2D eigenvalue weighted by atomic mass is 10.2. The molecule has 0 saturated heterocycles. The van der Waals surface area contributed by atoms with Gasteiger partial charge in [-0.05, 0) is 6.92 Å². The third kappa shape index (κ3) is 4.14. The molecular formula is C6H11Cl2N3. The lowest BCUT2D eigenvalue weighted by Gasteiger charge is -2.00.